The fraction of sp³-hybridized carbons (Fsp3) is 0.538. The van der Waals surface area contributed by atoms with Gasteiger partial charge in [-0.25, -0.2) is 0 Å². The highest BCUT2D eigenvalue weighted by molar-refractivity contribution is 5.78. The second kappa shape index (κ2) is 6.23. The summed E-state index contributed by atoms with van der Waals surface area (Å²) in [5.41, 5.74) is 5.77. The minimum atomic E-state index is 0.0518. The van der Waals surface area contributed by atoms with Crippen molar-refractivity contribution in [3.63, 3.8) is 0 Å². The van der Waals surface area contributed by atoms with Crippen LogP contribution in [0.25, 0.3) is 0 Å². The molecule has 0 amide bonds. The fourth-order valence-electron chi connectivity index (χ4n) is 1.72. The zero-order valence-electron chi connectivity index (χ0n) is 10.5. The van der Waals surface area contributed by atoms with Gasteiger partial charge in [0, 0.05) is 31.4 Å². The van der Waals surface area contributed by atoms with E-state index in [1.165, 1.54) is 12.8 Å². The van der Waals surface area contributed by atoms with Gasteiger partial charge < -0.3 is 15.6 Å². The molecule has 0 unspecified atom stereocenters. The first-order valence-corrected chi connectivity index (χ1v) is 6.47. The average Bonchev–Trinajstić information content (AvgIpc) is 3.15. The SMILES string of the molecule is NC(=NCCCCn1ccccc1=O)NC1CC1. The summed E-state index contributed by atoms with van der Waals surface area (Å²) in [5, 5.41) is 3.14. The Morgan fingerprint density at radius 2 is 2.28 bits per heavy atom. The Labute approximate surface area is 107 Å². The smallest absolute Gasteiger partial charge is 0.250 e. The van der Waals surface area contributed by atoms with E-state index >= 15 is 0 Å². The van der Waals surface area contributed by atoms with Gasteiger partial charge in [-0.2, -0.15) is 0 Å². The van der Waals surface area contributed by atoms with Gasteiger partial charge in [0.1, 0.15) is 0 Å². The number of guanidine groups is 1. The maximum atomic E-state index is 11.4. The van der Waals surface area contributed by atoms with E-state index in [1.807, 2.05) is 12.3 Å². The molecule has 5 nitrogen and oxygen atoms in total. The van der Waals surface area contributed by atoms with Crippen LogP contribution in [0.3, 0.4) is 0 Å². The summed E-state index contributed by atoms with van der Waals surface area (Å²) in [5.74, 6) is 0.550. The van der Waals surface area contributed by atoms with Crippen molar-refractivity contribution in [3.05, 3.63) is 34.7 Å². The number of nitrogens with zero attached hydrogens (tertiary/aromatic N) is 2. The van der Waals surface area contributed by atoms with Crippen molar-refractivity contribution in [3.8, 4) is 0 Å². The van der Waals surface area contributed by atoms with Crippen molar-refractivity contribution >= 4 is 5.96 Å². The van der Waals surface area contributed by atoms with Crippen LogP contribution in [0.4, 0.5) is 0 Å². The Bertz CT molecular complexity index is 462. The molecule has 1 saturated carbocycles. The molecule has 1 heterocycles. The van der Waals surface area contributed by atoms with Crippen LogP contribution in [0.5, 0.6) is 0 Å². The van der Waals surface area contributed by atoms with Crippen molar-refractivity contribution in [2.24, 2.45) is 10.7 Å². The van der Waals surface area contributed by atoms with E-state index in [0.29, 0.717) is 18.5 Å². The Morgan fingerprint density at radius 3 is 3.00 bits per heavy atom. The highest BCUT2D eigenvalue weighted by atomic mass is 16.1. The highest BCUT2D eigenvalue weighted by Crippen LogP contribution is 2.17. The van der Waals surface area contributed by atoms with E-state index in [2.05, 4.69) is 10.3 Å². The quantitative estimate of drug-likeness (QED) is 0.442. The molecular formula is C13H20N4O. The normalized spacial score (nSPS) is 15.7. The standard InChI is InChI=1S/C13H20N4O/c14-13(16-11-6-7-11)15-8-2-4-10-17-9-3-1-5-12(17)18/h1,3,5,9,11H,2,4,6-8,10H2,(H3,14,15,16). The van der Waals surface area contributed by atoms with Gasteiger partial charge in [0.15, 0.2) is 5.96 Å². The largest absolute Gasteiger partial charge is 0.370 e. The average molecular weight is 248 g/mol. The minimum absolute atomic E-state index is 0.0518. The fourth-order valence-corrected chi connectivity index (χ4v) is 1.72. The van der Waals surface area contributed by atoms with Gasteiger partial charge >= 0.3 is 0 Å². The molecule has 0 saturated heterocycles. The molecule has 2 rings (SSSR count). The number of nitrogens with two attached hydrogens (primary N) is 1. The van der Waals surface area contributed by atoms with Crippen molar-refractivity contribution in [2.75, 3.05) is 6.54 Å². The predicted octanol–water partition coefficient (Wildman–Crippen LogP) is 0.695. The molecule has 98 valence electrons. The van der Waals surface area contributed by atoms with E-state index in [1.54, 1.807) is 16.7 Å². The Hall–Kier alpha value is -1.78. The molecule has 1 aromatic heterocycles. The topological polar surface area (TPSA) is 72.4 Å². The van der Waals surface area contributed by atoms with Gasteiger partial charge in [-0.15, -0.1) is 0 Å². The summed E-state index contributed by atoms with van der Waals surface area (Å²) in [6.07, 6.45) is 6.09. The number of rotatable bonds is 6. The molecule has 0 atom stereocenters. The van der Waals surface area contributed by atoms with E-state index in [-0.39, 0.29) is 5.56 Å². The van der Waals surface area contributed by atoms with E-state index in [9.17, 15) is 4.79 Å². The van der Waals surface area contributed by atoms with Gasteiger partial charge in [0.25, 0.3) is 0 Å². The summed E-state index contributed by atoms with van der Waals surface area (Å²) in [7, 11) is 0. The van der Waals surface area contributed by atoms with Gasteiger partial charge in [-0.05, 0) is 31.7 Å². The monoisotopic (exact) mass is 248 g/mol. The third-order valence-corrected chi connectivity index (χ3v) is 2.92. The highest BCUT2D eigenvalue weighted by Gasteiger charge is 2.21. The molecule has 0 radical (unpaired) electrons. The number of aryl methyl sites for hydroxylation is 1. The molecule has 1 fully saturated rings. The molecule has 0 bridgehead atoms. The first kappa shape index (κ1) is 12.7. The lowest BCUT2D eigenvalue weighted by molar-refractivity contribution is 0.598. The van der Waals surface area contributed by atoms with Crippen molar-refractivity contribution in [2.45, 2.75) is 38.3 Å². The molecular weight excluding hydrogens is 228 g/mol. The van der Waals surface area contributed by atoms with Crippen LogP contribution in [0.2, 0.25) is 0 Å². The number of nitrogens with one attached hydrogen (secondary N) is 1. The molecule has 1 aliphatic rings. The summed E-state index contributed by atoms with van der Waals surface area (Å²) >= 11 is 0. The predicted molar refractivity (Wildman–Crippen MR) is 72.6 cm³/mol. The van der Waals surface area contributed by atoms with Gasteiger partial charge in [-0.3, -0.25) is 9.79 Å². The molecule has 1 aromatic rings. The van der Waals surface area contributed by atoms with Crippen molar-refractivity contribution in [1.82, 2.24) is 9.88 Å². The summed E-state index contributed by atoms with van der Waals surface area (Å²) in [6, 6.07) is 5.76. The van der Waals surface area contributed by atoms with Gasteiger partial charge in [0.05, 0.1) is 0 Å². The van der Waals surface area contributed by atoms with Crippen LogP contribution in [-0.2, 0) is 6.54 Å². The Kier molecular flexibility index (Phi) is 4.39. The molecule has 0 aliphatic heterocycles. The van der Waals surface area contributed by atoms with Crippen molar-refractivity contribution < 1.29 is 0 Å². The number of aliphatic imine (C=N–C) groups is 1. The van der Waals surface area contributed by atoms with Crippen LogP contribution >= 0.6 is 0 Å². The van der Waals surface area contributed by atoms with Gasteiger partial charge in [-0.1, -0.05) is 6.07 Å². The van der Waals surface area contributed by atoms with E-state index in [0.717, 1.165) is 19.4 Å². The molecule has 3 N–H and O–H groups in total. The second-order valence-corrected chi connectivity index (χ2v) is 4.62. The van der Waals surface area contributed by atoms with Crippen LogP contribution in [0, 0.1) is 0 Å². The van der Waals surface area contributed by atoms with E-state index < -0.39 is 0 Å². The third-order valence-electron chi connectivity index (χ3n) is 2.92. The van der Waals surface area contributed by atoms with Crippen LogP contribution in [0.1, 0.15) is 25.7 Å². The maximum absolute atomic E-state index is 11.4. The first-order valence-electron chi connectivity index (χ1n) is 6.47. The summed E-state index contributed by atoms with van der Waals surface area (Å²) < 4.78 is 1.72. The first-order chi connectivity index (χ1) is 8.75. The number of unbranched alkanes of at least 4 members (excludes halogenated alkanes) is 1. The van der Waals surface area contributed by atoms with Crippen molar-refractivity contribution in [1.29, 1.82) is 0 Å². The van der Waals surface area contributed by atoms with Crippen LogP contribution in [0.15, 0.2) is 34.2 Å². The molecule has 0 aromatic carbocycles. The Morgan fingerprint density at radius 1 is 1.44 bits per heavy atom. The lowest BCUT2D eigenvalue weighted by Gasteiger charge is -2.04. The van der Waals surface area contributed by atoms with E-state index in [4.69, 9.17) is 5.73 Å². The second-order valence-electron chi connectivity index (χ2n) is 4.62. The number of hydrogen-bond donors (Lipinski definition) is 2. The lowest BCUT2D eigenvalue weighted by atomic mass is 10.3. The van der Waals surface area contributed by atoms with Crippen LogP contribution < -0.4 is 16.6 Å². The third kappa shape index (κ3) is 4.24. The molecule has 18 heavy (non-hydrogen) atoms. The zero-order chi connectivity index (χ0) is 12.8. The minimum Gasteiger partial charge on any atom is -0.370 e. The summed E-state index contributed by atoms with van der Waals surface area (Å²) in [6.45, 7) is 1.46. The van der Waals surface area contributed by atoms with Crippen LogP contribution in [-0.4, -0.2) is 23.1 Å². The summed E-state index contributed by atoms with van der Waals surface area (Å²) in [4.78, 5) is 15.7. The number of hydrogen-bond acceptors (Lipinski definition) is 2. The Balaban J connectivity index is 1.63. The number of pyridine rings is 1. The molecule has 0 spiro atoms. The van der Waals surface area contributed by atoms with Gasteiger partial charge in [0.2, 0.25) is 5.56 Å². The molecule has 1 aliphatic carbocycles. The number of aromatic nitrogens is 1. The zero-order valence-corrected chi connectivity index (χ0v) is 10.5. The maximum Gasteiger partial charge on any atom is 0.250 e. The molecule has 5 heteroatoms. The lowest BCUT2D eigenvalue weighted by Crippen LogP contribution is -2.33.